The van der Waals surface area contributed by atoms with Crippen LogP contribution in [0, 0.1) is 25.7 Å². The number of anilines is 2. The monoisotopic (exact) mass is 585 g/mol. The van der Waals surface area contributed by atoms with Crippen LogP contribution in [0.3, 0.4) is 0 Å². The molecular weight excluding hydrogens is 546 g/mol. The van der Waals surface area contributed by atoms with Gasteiger partial charge in [0.25, 0.3) is 5.91 Å². The van der Waals surface area contributed by atoms with Gasteiger partial charge in [0.1, 0.15) is 17.4 Å². The van der Waals surface area contributed by atoms with E-state index in [0.29, 0.717) is 24.6 Å². The van der Waals surface area contributed by atoms with Gasteiger partial charge in [-0.2, -0.15) is 0 Å². The van der Waals surface area contributed by atoms with Gasteiger partial charge in [-0.05, 0) is 70.0 Å². The summed E-state index contributed by atoms with van der Waals surface area (Å²) in [6.45, 7) is 10.2. The van der Waals surface area contributed by atoms with E-state index in [-0.39, 0.29) is 30.9 Å². The van der Waals surface area contributed by atoms with E-state index in [1.54, 1.807) is 16.7 Å². The number of carbonyl (C=O) groups excluding carboxylic acids is 3. The zero-order chi connectivity index (χ0) is 30.7. The van der Waals surface area contributed by atoms with Crippen LogP contribution in [0.5, 0.6) is 5.75 Å². The fourth-order valence-corrected chi connectivity index (χ4v) is 7.58. The van der Waals surface area contributed by atoms with Gasteiger partial charge in [-0.1, -0.05) is 42.5 Å². The van der Waals surface area contributed by atoms with E-state index in [1.807, 2.05) is 94.5 Å². The fourth-order valence-electron chi connectivity index (χ4n) is 7.58. The molecule has 1 spiro atoms. The van der Waals surface area contributed by atoms with Crippen LogP contribution in [0.25, 0.3) is 0 Å². The molecule has 43 heavy (non-hydrogen) atoms. The number of nitrogens with zero attached hydrogens (tertiary/aromatic N) is 3. The van der Waals surface area contributed by atoms with Crippen LogP contribution < -0.4 is 14.5 Å². The van der Waals surface area contributed by atoms with Gasteiger partial charge in [0.15, 0.2) is 0 Å². The van der Waals surface area contributed by atoms with Crippen molar-refractivity contribution in [3.05, 3.63) is 77.9 Å². The maximum atomic E-state index is 14.7. The molecule has 1 unspecified atom stereocenters. The minimum absolute atomic E-state index is 0.249. The Morgan fingerprint density at radius 3 is 2.23 bits per heavy atom. The average molecular weight is 586 g/mol. The van der Waals surface area contributed by atoms with Crippen molar-refractivity contribution in [3.63, 3.8) is 0 Å². The zero-order valence-corrected chi connectivity index (χ0v) is 25.3. The Morgan fingerprint density at radius 1 is 0.930 bits per heavy atom. The molecule has 4 aliphatic rings. The summed E-state index contributed by atoms with van der Waals surface area (Å²) in [4.78, 5) is 48.6. The van der Waals surface area contributed by atoms with E-state index >= 15 is 0 Å². The first kappa shape index (κ1) is 29.1. The molecule has 0 aromatic heterocycles. The van der Waals surface area contributed by atoms with Crippen molar-refractivity contribution in [3.8, 4) is 5.75 Å². The summed E-state index contributed by atoms with van der Waals surface area (Å²) in [5.41, 5.74) is 0.812. The van der Waals surface area contributed by atoms with Gasteiger partial charge in [0.05, 0.1) is 36.7 Å². The highest BCUT2D eigenvalue weighted by atomic mass is 16.5. The fraction of sp³-hybridized carbons (Fsp3) is 0.441. The summed E-state index contributed by atoms with van der Waals surface area (Å²) in [6.07, 6.45) is 7.47. The highest BCUT2D eigenvalue weighted by Gasteiger charge is 2.75. The van der Waals surface area contributed by atoms with E-state index in [2.05, 4.69) is 0 Å². The predicted octanol–water partition coefficient (Wildman–Crippen LogP) is 3.56. The highest BCUT2D eigenvalue weighted by Crippen LogP contribution is 2.58. The standard InChI is InChI=1S/C34H39N3O6/c1-6-42-25-14-12-24(13-15-25)35-18-8-16-33(5)26(30(35)39)27-31(40)37(23(4)20-38)29-32(41)36(19-9-17-34(27,29)43-33)28-21(2)10-7-11-22(28)3/h7-17,23,26-27,29,38H,6,18-20H2,1-5H3/t23-,26+,27+,29?,33-,34+/m1/s1. The highest BCUT2D eigenvalue weighted by molar-refractivity contribution is 6.08. The summed E-state index contributed by atoms with van der Waals surface area (Å²) in [7, 11) is 0. The third-order valence-electron chi connectivity index (χ3n) is 9.40. The van der Waals surface area contributed by atoms with E-state index in [9.17, 15) is 19.5 Å². The summed E-state index contributed by atoms with van der Waals surface area (Å²) >= 11 is 0. The lowest BCUT2D eigenvalue weighted by Crippen LogP contribution is -2.58. The van der Waals surface area contributed by atoms with Gasteiger partial charge < -0.3 is 29.3 Å². The van der Waals surface area contributed by atoms with Crippen molar-refractivity contribution in [2.24, 2.45) is 11.8 Å². The molecule has 6 rings (SSSR count). The number of para-hydroxylation sites is 1. The lowest BCUT2D eigenvalue weighted by molar-refractivity contribution is -0.147. The second-order valence-corrected chi connectivity index (χ2v) is 12.1. The number of carbonyl (C=O) groups is 3. The van der Waals surface area contributed by atoms with Gasteiger partial charge >= 0.3 is 0 Å². The largest absolute Gasteiger partial charge is 0.494 e. The first-order valence-electron chi connectivity index (χ1n) is 15.0. The number of hydrogen-bond donors (Lipinski definition) is 1. The van der Waals surface area contributed by atoms with Crippen LogP contribution in [0.4, 0.5) is 11.4 Å². The number of ether oxygens (including phenoxy) is 2. The van der Waals surface area contributed by atoms with Crippen molar-refractivity contribution in [1.29, 1.82) is 0 Å². The lowest BCUT2D eigenvalue weighted by atomic mass is 9.74. The Morgan fingerprint density at radius 2 is 1.58 bits per heavy atom. The lowest BCUT2D eigenvalue weighted by Gasteiger charge is -2.39. The molecule has 2 saturated heterocycles. The molecule has 1 N–H and O–H groups in total. The van der Waals surface area contributed by atoms with Gasteiger partial charge in [-0.3, -0.25) is 14.4 Å². The number of hydrogen-bond acceptors (Lipinski definition) is 6. The molecule has 0 saturated carbocycles. The van der Waals surface area contributed by atoms with Crippen LogP contribution in [-0.2, 0) is 19.1 Å². The minimum atomic E-state index is -1.40. The predicted molar refractivity (Wildman–Crippen MR) is 163 cm³/mol. The van der Waals surface area contributed by atoms with Crippen LogP contribution in [0.15, 0.2) is 66.8 Å². The maximum absolute atomic E-state index is 14.7. The third-order valence-corrected chi connectivity index (χ3v) is 9.40. The second kappa shape index (κ2) is 10.6. The quantitative estimate of drug-likeness (QED) is 0.521. The van der Waals surface area contributed by atoms with Crippen molar-refractivity contribution in [1.82, 2.24) is 4.90 Å². The first-order valence-corrected chi connectivity index (χ1v) is 15.0. The molecule has 2 fully saturated rings. The Balaban J connectivity index is 1.46. The van der Waals surface area contributed by atoms with Crippen LogP contribution in [0.2, 0.25) is 0 Å². The molecule has 0 aliphatic carbocycles. The molecule has 6 atom stereocenters. The number of benzene rings is 2. The van der Waals surface area contributed by atoms with Gasteiger partial charge in [-0.25, -0.2) is 0 Å². The van der Waals surface area contributed by atoms with Crippen molar-refractivity contribution >= 4 is 29.1 Å². The average Bonchev–Trinajstić information content (AvgIpc) is 3.26. The van der Waals surface area contributed by atoms with Gasteiger partial charge in [0.2, 0.25) is 11.8 Å². The topological polar surface area (TPSA) is 99.6 Å². The van der Waals surface area contributed by atoms with E-state index in [0.717, 1.165) is 16.8 Å². The molecule has 4 aliphatic heterocycles. The summed E-state index contributed by atoms with van der Waals surface area (Å²) < 4.78 is 12.5. The number of rotatable bonds is 6. The molecule has 3 amide bonds. The van der Waals surface area contributed by atoms with Crippen LogP contribution >= 0.6 is 0 Å². The van der Waals surface area contributed by atoms with Crippen molar-refractivity contribution in [2.75, 3.05) is 36.1 Å². The summed E-state index contributed by atoms with van der Waals surface area (Å²) in [5, 5.41) is 10.2. The summed E-state index contributed by atoms with van der Waals surface area (Å²) in [5.74, 6) is -2.06. The second-order valence-electron chi connectivity index (χ2n) is 12.1. The number of aryl methyl sites for hydroxylation is 2. The number of amides is 3. The van der Waals surface area contributed by atoms with Gasteiger partial charge in [0, 0.05) is 24.5 Å². The number of fused-ring (bicyclic) bond motifs is 2. The molecule has 4 heterocycles. The Hall–Kier alpha value is -3.95. The number of likely N-dealkylation sites (tertiary alicyclic amines) is 1. The van der Waals surface area contributed by atoms with E-state index in [4.69, 9.17) is 9.47 Å². The minimum Gasteiger partial charge on any atom is -0.494 e. The first-order chi connectivity index (χ1) is 20.6. The molecule has 2 aromatic carbocycles. The molecule has 0 bridgehead atoms. The third kappa shape index (κ3) is 4.32. The Labute approximate surface area is 252 Å². The number of aliphatic hydroxyl groups is 1. The van der Waals surface area contributed by atoms with Crippen molar-refractivity contribution in [2.45, 2.75) is 57.9 Å². The zero-order valence-electron chi connectivity index (χ0n) is 25.3. The molecule has 0 radical (unpaired) electrons. The van der Waals surface area contributed by atoms with Crippen molar-refractivity contribution < 1.29 is 29.0 Å². The smallest absolute Gasteiger partial charge is 0.253 e. The van der Waals surface area contributed by atoms with Gasteiger partial charge in [-0.15, -0.1) is 0 Å². The molecule has 9 nitrogen and oxygen atoms in total. The summed E-state index contributed by atoms with van der Waals surface area (Å²) in [6, 6.07) is 11.5. The van der Waals surface area contributed by atoms with Crippen LogP contribution in [-0.4, -0.2) is 77.3 Å². The molecule has 9 heteroatoms. The molecular formula is C34H39N3O6. The number of aliphatic hydroxyl groups excluding tert-OH is 1. The Bertz CT molecular complexity index is 1500. The normalized spacial score (nSPS) is 30.6. The SMILES string of the molecule is CCOc1ccc(N2CC=C[C@@]3(C)O[C@]45C=CCN(c6c(C)cccc6C)C(=O)C4N([C@H](C)CO)C(=O)[C@@H]5[C@H]3C2=O)cc1. The molecule has 2 aromatic rings. The van der Waals surface area contributed by atoms with E-state index in [1.165, 1.54) is 4.90 Å². The maximum Gasteiger partial charge on any atom is 0.253 e. The Kier molecular flexibility index (Phi) is 7.21. The molecule has 226 valence electrons. The van der Waals surface area contributed by atoms with Crippen LogP contribution in [0.1, 0.15) is 31.9 Å². The van der Waals surface area contributed by atoms with E-state index < -0.39 is 35.1 Å².